The summed E-state index contributed by atoms with van der Waals surface area (Å²) >= 11 is 0. The van der Waals surface area contributed by atoms with Crippen LogP contribution in [0, 0.1) is 0 Å². The molecule has 3 heterocycles. The molecule has 2 aromatic heterocycles. The third-order valence-corrected chi connectivity index (χ3v) is 3.66. The Kier molecular flexibility index (Phi) is 2.93. The number of nitrogens with one attached hydrogen (secondary N) is 2. The summed E-state index contributed by atoms with van der Waals surface area (Å²) in [7, 11) is 0. The molecule has 1 aliphatic heterocycles. The van der Waals surface area contributed by atoms with E-state index in [0.29, 0.717) is 12.8 Å². The zero-order chi connectivity index (χ0) is 14.9. The van der Waals surface area contributed by atoms with Crippen molar-refractivity contribution in [1.29, 1.82) is 0 Å². The number of carbonyl (C=O) groups excluding carboxylic acids is 1. The van der Waals surface area contributed by atoms with Gasteiger partial charge < -0.3 is 4.98 Å². The van der Waals surface area contributed by atoms with E-state index in [2.05, 4.69) is 25.5 Å². The van der Waals surface area contributed by atoms with Gasteiger partial charge in [-0.15, -0.1) is 0 Å². The molecule has 108 valence electrons. The Morgan fingerprint density at radius 3 is 2.82 bits per heavy atom. The Bertz CT molecular complexity index is 882. The Morgan fingerprint density at radius 1 is 1.09 bits per heavy atom. The lowest BCUT2D eigenvalue weighted by atomic mass is 10.0. The molecule has 22 heavy (non-hydrogen) atoms. The van der Waals surface area contributed by atoms with Crippen LogP contribution in [0.25, 0.3) is 22.4 Å². The van der Waals surface area contributed by atoms with Crippen molar-refractivity contribution < 1.29 is 4.79 Å². The Morgan fingerprint density at radius 2 is 2.05 bits per heavy atom. The van der Waals surface area contributed by atoms with Crippen molar-refractivity contribution in [2.24, 2.45) is 5.10 Å². The van der Waals surface area contributed by atoms with Crippen LogP contribution in [0.1, 0.15) is 18.4 Å². The van der Waals surface area contributed by atoms with E-state index >= 15 is 0 Å². The third-order valence-electron chi connectivity index (χ3n) is 3.66. The van der Waals surface area contributed by atoms with Crippen LogP contribution >= 0.6 is 0 Å². The summed E-state index contributed by atoms with van der Waals surface area (Å²) in [6.07, 6.45) is 4.63. The van der Waals surface area contributed by atoms with Crippen LogP contribution in [-0.2, 0) is 4.79 Å². The number of nitrogens with zero attached hydrogens (tertiary/aromatic N) is 3. The van der Waals surface area contributed by atoms with Gasteiger partial charge in [0, 0.05) is 36.4 Å². The van der Waals surface area contributed by atoms with Gasteiger partial charge in [-0.3, -0.25) is 9.78 Å². The first-order valence-corrected chi connectivity index (χ1v) is 7.05. The Hall–Kier alpha value is -3.02. The molecule has 3 aromatic rings. The van der Waals surface area contributed by atoms with Crippen molar-refractivity contribution in [3.05, 3.63) is 48.3 Å². The minimum Gasteiger partial charge on any atom is -0.338 e. The predicted molar refractivity (Wildman–Crippen MR) is 83.2 cm³/mol. The van der Waals surface area contributed by atoms with Crippen molar-refractivity contribution in [3.63, 3.8) is 0 Å². The van der Waals surface area contributed by atoms with Gasteiger partial charge in [0.05, 0.1) is 16.7 Å². The zero-order valence-corrected chi connectivity index (χ0v) is 11.7. The number of benzene rings is 1. The Labute approximate surface area is 126 Å². The summed E-state index contributed by atoms with van der Waals surface area (Å²) in [5.41, 5.74) is 7.17. The smallest absolute Gasteiger partial charge is 0.240 e. The van der Waals surface area contributed by atoms with E-state index in [1.54, 1.807) is 12.4 Å². The molecule has 6 heteroatoms. The molecule has 1 aliphatic rings. The standard InChI is InChI=1S/C16H13N5O/c22-15-6-5-12(20-21-15)10-3-4-13-14(8-10)19-16(18-13)11-2-1-7-17-9-11/h1-4,7-9H,5-6H2,(H,18,19)(H,21,22). The summed E-state index contributed by atoms with van der Waals surface area (Å²) < 4.78 is 0. The first-order valence-electron chi connectivity index (χ1n) is 7.05. The second kappa shape index (κ2) is 5.07. The average Bonchev–Trinajstić information content (AvgIpc) is 2.99. The largest absolute Gasteiger partial charge is 0.338 e. The molecule has 0 radical (unpaired) electrons. The highest BCUT2D eigenvalue weighted by molar-refractivity contribution is 6.05. The fourth-order valence-electron chi connectivity index (χ4n) is 2.51. The van der Waals surface area contributed by atoms with Gasteiger partial charge in [-0.1, -0.05) is 6.07 Å². The predicted octanol–water partition coefficient (Wildman–Crippen LogP) is 2.24. The van der Waals surface area contributed by atoms with Gasteiger partial charge >= 0.3 is 0 Å². The first-order chi connectivity index (χ1) is 10.8. The molecule has 0 spiro atoms. The average molecular weight is 291 g/mol. The van der Waals surface area contributed by atoms with Crippen LogP contribution in [0.2, 0.25) is 0 Å². The van der Waals surface area contributed by atoms with E-state index in [0.717, 1.165) is 33.7 Å². The molecule has 0 fully saturated rings. The highest BCUT2D eigenvalue weighted by Gasteiger charge is 2.14. The van der Waals surface area contributed by atoms with Crippen LogP contribution in [-0.4, -0.2) is 26.6 Å². The highest BCUT2D eigenvalue weighted by atomic mass is 16.2. The number of rotatable bonds is 2. The second-order valence-electron chi connectivity index (χ2n) is 5.15. The number of hydrogen-bond acceptors (Lipinski definition) is 4. The minimum atomic E-state index is -0.0385. The maximum Gasteiger partial charge on any atom is 0.240 e. The normalized spacial score (nSPS) is 14.7. The molecule has 0 saturated carbocycles. The van der Waals surface area contributed by atoms with Crippen LogP contribution < -0.4 is 5.43 Å². The quantitative estimate of drug-likeness (QED) is 0.759. The number of carbonyl (C=O) groups is 1. The molecule has 4 rings (SSSR count). The molecular weight excluding hydrogens is 278 g/mol. The van der Waals surface area contributed by atoms with E-state index in [1.165, 1.54) is 0 Å². The van der Waals surface area contributed by atoms with Crippen molar-refractivity contribution in [2.45, 2.75) is 12.8 Å². The van der Waals surface area contributed by atoms with Gasteiger partial charge in [-0.25, -0.2) is 10.4 Å². The van der Waals surface area contributed by atoms with Gasteiger partial charge in [0.25, 0.3) is 0 Å². The lowest BCUT2D eigenvalue weighted by Gasteiger charge is -2.11. The fraction of sp³-hybridized carbons (Fsp3) is 0.125. The monoisotopic (exact) mass is 291 g/mol. The fourth-order valence-corrected chi connectivity index (χ4v) is 2.51. The molecule has 0 atom stereocenters. The maximum atomic E-state index is 11.2. The lowest BCUT2D eigenvalue weighted by molar-refractivity contribution is -0.121. The number of hydrogen-bond donors (Lipinski definition) is 2. The van der Waals surface area contributed by atoms with Crippen molar-refractivity contribution in [2.75, 3.05) is 0 Å². The zero-order valence-electron chi connectivity index (χ0n) is 11.7. The summed E-state index contributed by atoms with van der Waals surface area (Å²) in [6, 6.07) is 9.81. The van der Waals surface area contributed by atoms with Crippen LogP contribution in [0.5, 0.6) is 0 Å². The van der Waals surface area contributed by atoms with Gasteiger partial charge in [-0.05, 0) is 24.3 Å². The number of imidazole rings is 1. The van der Waals surface area contributed by atoms with E-state index < -0.39 is 0 Å². The molecule has 0 saturated heterocycles. The molecule has 0 bridgehead atoms. The molecule has 1 amide bonds. The topological polar surface area (TPSA) is 83.0 Å². The van der Waals surface area contributed by atoms with E-state index in [-0.39, 0.29) is 5.91 Å². The molecule has 0 unspecified atom stereocenters. The minimum absolute atomic E-state index is 0.0385. The molecule has 2 N–H and O–H groups in total. The van der Waals surface area contributed by atoms with Crippen LogP contribution in [0.15, 0.2) is 47.8 Å². The molecule has 1 aromatic carbocycles. The molecule has 6 nitrogen and oxygen atoms in total. The number of aromatic amines is 1. The van der Waals surface area contributed by atoms with Crippen LogP contribution in [0.4, 0.5) is 0 Å². The van der Waals surface area contributed by atoms with Crippen LogP contribution in [0.3, 0.4) is 0 Å². The molecular formula is C16H13N5O. The second-order valence-corrected chi connectivity index (χ2v) is 5.15. The highest BCUT2D eigenvalue weighted by Crippen LogP contribution is 2.21. The SMILES string of the molecule is O=C1CCC(c2ccc3[nH]c(-c4cccnc4)nc3c2)=NN1. The number of pyridine rings is 1. The number of fused-ring (bicyclic) bond motifs is 1. The van der Waals surface area contributed by atoms with Crippen molar-refractivity contribution in [1.82, 2.24) is 20.4 Å². The van der Waals surface area contributed by atoms with Crippen molar-refractivity contribution >= 4 is 22.7 Å². The summed E-state index contributed by atoms with van der Waals surface area (Å²) in [6.45, 7) is 0. The van der Waals surface area contributed by atoms with E-state index in [1.807, 2.05) is 30.3 Å². The maximum absolute atomic E-state index is 11.2. The summed E-state index contributed by atoms with van der Waals surface area (Å²) in [5.74, 6) is 0.752. The Balaban J connectivity index is 1.74. The van der Waals surface area contributed by atoms with Gasteiger partial charge in [0.15, 0.2) is 0 Å². The van der Waals surface area contributed by atoms with Gasteiger partial charge in [0.1, 0.15) is 5.82 Å². The third kappa shape index (κ3) is 2.24. The first kappa shape index (κ1) is 12.7. The number of amides is 1. The molecule has 0 aliphatic carbocycles. The number of aromatic nitrogens is 3. The van der Waals surface area contributed by atoms with Crippen molar-refractivity contribution in [3.8, 4) is 11.4 Å². The number of hydrazone groups is 1. The van der Waals surface area contributed by atoms with Gasteiger partial charge in [0.2, 0.25) is 5.91 Å². The van der Waals surface area contributed by atoms with E-state index in [4.69, 9.17) is 0 Å². The van der Waals surface area contributed by atoms with E-state index in [9.17, 15) is 4.79 Å². The number of H-pyrrole nitrogens is 1. The summed E-state index contributed by atoms with van der Waals surface area (Å²) in [5, 5.41) is 4.12. The summed E-state index contributed by atoms with van der Waals surface area (Å²) in [4.78, 5) is 23.2. The lowest BCUT2D eigenvalue weighted by Crippen LogP contribution is -2.25. The van der Waals surface area contributed by atoms with Gasteiger partial charge in [-0.2, -0.15) is 5.10 Å².